The summed E-state index contributed by atoms with van der Waals surface area (Å²) >= 11 is 0. The van der Waals surface area contributed by atoms with Crippen LogP contribution in [0.1, 0.15) is 34.1 Å². The molecule has 0 saturated heterocycles. The third-order valence-corrected chi connectivity index (χ3v) is 2.42. The van der Waals surface area contributed by atoms with Crippen LogP contribution in [0.3, 0.4) is 0 Å². The van der Waals surface area contributed by atoms with Gasteiger partial charge in [-0.2, -0.15) is 13.2 Å². The number of nitrogens with one attached hydrogen (secondary N) is 1. The van der Waals surface area contributed by atoms with E-state index in [1.807, 2.05) is 13.8 Å². The van der Waals surface area contributed by atoms with Crippen molar-refractivity contribution in [2.24, 2.45) is 0 Å². The Bertz CT molecular complexity index is 184. The number of rotatable bonds is 6. The molecule has 0 aromatic carbocycles. The summed E-state index contributed by atoms with van der Waals surface area (Å²) < 4.78 is 41.9. The van der Waals surface area contributed by atoms with Crippen LogP contribution in [0.5, 0.6) is 0 Å². The second-order valence-electron chi connectivity index (χ2n) is 3.89. The van der Waals surface area contributed by atoms with E-state index in [1.165, 1.54) is 0 Å². The van der Waals surface area contributed by atoms with E-state index in [2.05, 4.69) is 5.32 Å². The van der Waals surface area contributed by atoms with Gasteiger partial charge in [-0.25, -0.2) is 0 Å². The van der Waals surface area contributed by atoms with Gasteiger partial charge in [0.2, 0.25) is 0 Å². The first-order chi connectivity index (χ1) is 6.75. The lowest BCUT2D eigenvalue weighted by molar-refractivity contribution is -0.244. The van der Waals surface area contributed by atoms with E-state index < -0.39 is 17.9 Å². The molecule has 0 radical (unpaired) electrons. The van der Waals surface area contributed by atoms with Crippen LogP contribution in [0.15, 0.2) is 0 Å². The highest BCUT2D eigenvalue weighted by Crippen LogP contribution is 2.27. The van der Waals surface area contributed by atoms with Crippen molar-refractivity contribution in [2.75, 3.05) is 13.1 Å². The zero-order valence-electron chi connectivity index (χ0n) is 9.74. The molecule has 0 amide bonds. The highest BCUT2D eigenvalue weighted by atomic mass is 19.4. The van der Waals surface area contributed by atoms with Crippen LogP contribution in [0.2, 0.25) is 0 Å². The van der Waals surface area contributed by atoms with Crippen molar-refractivity contribution in [3.8, 4) is 0 Å². The third kappa shape index (κ3) is 5.37. The second kappa shape index (κ2) is 5.70. The first-order valence-electron chi connectivity index (χ1n) is 5.20. The second-order valence-corrected chi connectivity index (χ2v) is 3.89. The Morgan fingerprint density at radius 1 is 1.27 bits per heavy atom. The fourth-order valence-corrected chi connectivity index (χ4v) is 1.13. The van der Waals surface area contributed by atoms with Crippen LogP contribution >= 0.6 is 0 Å². The van der Waals surface area contributed by atoms with Gasteiger partial charge in [-0.1, -0.05) is 13.8 Å². The SMILES string of the molecule is CCNCC(C)(CC)OC(C)C(F)(F)F. The quantitative estimate of drug-likeness (QED) is 0.753. The lowest BCUT2D eigenvalue weighted by Crippen LogP contribution is -2.45. The van der Waals surface area contributed by atoms with Gasteiger partial charge in [0, 0.05) is 6.54 Å². The van der Waals surface area contributed by atoms with Gasteiger partial charge >= 0.3 is 6.18 Å². The Morgan fingerprint density at radius 2 is 1.80 bits per heavy atom. The van der Waals surface area contributed by atoms with E-state index in [0.717, 1.165) is 13.5 Å². The van der Waals surface area contributed by atoms with Gasteiger partial charge in [-0.15, -0.1) is 0 Å². The summed E-state index contributed by atoms with van der Waals surface area (Å²) in [4.78, 5) is 0. The molecule has 2 unspecified atom stereocenters. The fourth-order valence-electron chi connectivity index (χ4n) is 1.13. The minimum Gasteiger partial charge on any atom is -0.362 e. The lowest BCUT2D eigenvalue weighted by Gasteiger charge is -2.33. The molecule has 1 N–H and O–H groups in total. The first-order valence-corrected chi connectivity index (χ1v) is 5.20. The molecule has 0 saturated carbocycles. The molecular weight excluding hydrogens is 207 g/mol. The zero-order chi connectivity index (χ0) is 12.1. The molecule has 0 spiro atoms. The monoisotopic (exact) mass is 227 g/mol. The predicted octanol–water partition coefficient (Wildman–Crippen LogP) is 2.73. The number of ether oxygens (including phenoxy) is 1. The van der Waals surface area contributed by atoms with Crippen LogP contribution in [-0.2, 0) is 4.74 Å². The number of halogens is 3. The molecule has 0 aromatic rings. The van der Waals surface area contributed by atoms with E-state index in [4.69, 9.17) is 4.74 Å². The van der Waals surface area contributed by atoms with Crippen molar-refractivity contribution in [3.63, 3.8) is 0 Å². The van der Waals surface area contributed by atoms with Crippen molar-refractivity contribution in [2.45, 2.75) is 52.0 Å². The van der Waals surface area contributed by atoms with Crippen molar-refractivity contribution < 1.29 is 17.9 Å². The Morgan fingerprint density at radius 3 is 2.13 bits per heavy atom. The van der Waals surface area contributed by atoms with E-state index in [1.54, 1.807) is 6.92 Å². The number of hydrogen-bond donors (Lipinski definition) is 1. The van der Waals surface area contributed by atoms with Gasteiger partial charge in [-0.3, -0.25) is 0 Å². The Kier molecular flexibility index (Phi) is 5.59. The fraction of sp³-hybridized carbons (Fsp3) is 1.00. The predicted molar refractivity (Wildman–Crippen MR) is 53.8 cm³/mol. The molecule has 5 heteroatoms. The molecule has 15 heavy (non-hydrogen) atoms. The molecule has 2 atom stereocenters. The number of alkyl halides is 3. The molecule has 2 nitrogen and oxygen atoms in total. The average Bonchev–Trinajstić information content (AvgIpc) is 2.13. The minimum atomic E-state index is -4.29. The maximum absolute atomic E-state index is 12.3. The highest BCUT2D eigenvalue weighted by molar-refractivity contribution is 4.79. The van der Waals surface area contributed by atoms with Gasteiger partial charge in [0.1, 0.15) is 0 Å². The van der Waals surface area contributed by atoms with Crippen LogP contribution in [-0.4, -0.2) is 31.0 Å². The number of hydrogen-bond acceptors (Lipinski definition) is 2. The van der Waals surface area contributed by atoms with Gasteiger partial charge in [0.25, 0.3) is 0 Å². The Labute approximate surface area is 89.2 Å². The van der Waals surface area contributed by atoms with Crippen LogP contribution in [0, 0.1) is 0 Å². The van der Waals surface area contributed by atoms with Gasteiger partial charge in [-0.05, 0) is 26.8 Å². The number of likely N-dealkylation sites (N-methyl/N-ethyl adjacent to an activating group) is 1. The molecule has 0 bridgehead atoms. The molecule has 0 aliphatic rings. The Hall–Kier alpha value is -0.290. The average molecular weight is 227 g/mol. The summed E-state index contributed by atoms with van der Waals surface area (Å²) in [7, 11) is 0. The topological polar surface area (TPSA) is 21.3 Å². The molecule has 0 heterocycles. The molecule has 0 aliphatic heterocycles. The lowest BCUT2D eigenvalue weighted by atomic mass is 10.0. The molecule has 92 valence electrons. The van der Waals surface area contributed by atoms with Gasteiger partial charge in [0.15, 0.2) is 6.10 Å². The zero-order valence-corrected chi connectivity index (χ0v) is 9.74. The Balaban J connectivity index is 4.30. The van der Waals surface area contributed by atoms with E-state index in [0.29, 0.717) is 13.0 Å². The van der Waals surface area contributed by atoms with Crippen molar-refractivity contribution in [1.29, 1.82) is 0 Å². The standard InChI is InChI=1S/C10H20F3NO/c1-5-9(4,7-14-6-2)15-8(3)10(11,12)13/h8,14H,5-7H2,1-4H3. The largest absolute Gasteiger partial charge is 0.414 e. The smallest absolute Gasteiger partial charge is 0.362 e. The third-order valence-electron chi connectivity index (χ3n) is 2.42. The summed E-state index contributed by atoms with van der Waals surface area (Å²) in [6.45, 7) is 7.61. The van der Waals surface area contributed by atoms with E-state index >= 15 is 0 Å². The summed E-state index contributed by atoms with van der Waals surface area (Å²) in [6.07, 6.45) is -5.47. The van der Waals surface area contributed by atoms with E-state index in [-0.39, 0.29) is 0 Å². The van der Waals surface area contributed by atoms with Crippen molar-refractivity contribution >= 4 is 0 Å². The van der Waals surface area contributed by atoms with Gasteiger partial charge in [0.05, 0.1) is 5.60 Å². The molecular formula is C10H20F3NO. The van der Waals surface area contributed by atoms with Crippen molar-refractivity contribution in [3.05, 3.63) is 0 Å². The summed E-state index contributed by atoms with van der Waals surface area (Å²) in [6, 6.07) is 0. The van der Waals surface area contributed by atoms with Crippen LogP contribution < -0.4 is 5.32 Å². The molecule has 0 aliphatic carbocycles. The minimum absolute atomic E-state index is 0.431. The molecule has 0 aromatic heterocycles. The van der Waals surface area contributed by atoms with Gasteiger partial charge < -0.3 is 10.1 Å². The van der Waals surface area contributed by atoms with Crippen molar-refractivity contribution in [1.82, 2.24) is 5.32 Å². The summed E-state index contributed by atoms with van der Waals surface area (Å²) in [5.41, 5.74) is -0.759. The maximum atomic E-state index is 12.3. The summed E-state index contributed by atoms with van der Waals surface area (Å²) in [5, 5.41) is 3.00. The maximum Gasteiger partial charge on any atom is 0.414 e. The van der Waals surface area contributed by atoms with Crippen LogP contribution in [0.4, 0.5) is 13.2 Å². The molecule has 0 rings (SSSR count). The molecule has 0 fully saturated rings. The van der Waals surface area contributed by atoms with Crippen LogP contribution in [0.25, 0.3) is 0 Å². The van der Waals surface area contributed by atoms with E-state index in [9.17, 15) is 13.2 Å². The highest BCUT2D eigenvalue weighted by Gasteiger charge is 2.41. The first kappa shape index (κ1) is 14.7. The summed E-state index contributed by atoms with van der Waals surface area (Å²) in [5.74, 6) is 0. The normalized spacial score (nSPS) is 18.6.